The Morgan fingerprint density at radius 1 is 0.583 bits per heavy atom. The fourth-order valence-electron chi connectivity index (χ4n) is 7.25. The first-order valence-corrected chi connectivity index (χ1v) is 16.6. The minimum atomic E-state index is -1.23. The van der Waals surface area contributed by atoms with E-state index >= 15 is 0 Å². The molecule has 0 bridgehead atoms. The van der Waals surface area contributed by atoms with E-state index in [4.69, 9.17) is 0 Å². The van der Waals surface area contributed by atoms with E-state index in [1.165, 1.54) is 0 Å². The first-order chi connectivity index (χ1) is 11.1. The summed E-state index contributed by atoms with van der Waals surface area (Å²) in [7, 11) is -2.45. The lowest BCUT2D eigenvalue weighted by Gasteiger charge is -3.11. The van der Waals surface area contributed by atoms with E-state index in [-0.39, 0.29) is 0 Å². The van der Waals surface area contributed by atoms with Gasteiger partial charge in [0.25, 0.3) is 0 Å². The molecule has 0 heterocycles. The number of allylic oxidation sites excluding steroid dienone is 4. The predicted molar refractivity (Wildman–Crippen MR) is 106 cm³/mol. The molecule has 6 rings (SSSR count). The van der Waals surface area contributed by atoms with E-state index < -0.39 is 16.1 Å². The second kappa shape index (κ2) is 4.05. The molecule has 2 heteroatoms. The van der Waals surface area contributed by atoms with Crippen LogP contribution in [-0.4, -0.2) is 16.1 Å². The van der Waals surface area contributed by atoms with Crippen molar-refractivity contribution in [2.75, 3.05) is 0 Å². The third-order valence-electron chi connectivity index (χ3n) is 7.59. The standard InChI is InChI=1S/C22H28Si2/c1-23(2,3)13-9-7-11-21-15-18-16(21)20-17(21)19(15)22(18,20)12-8-10-14-24(4,5)6/h7-8,11-12,15-20H,1-6H3/b11-7-,12-8-. The quantitative estimate of drug-likeness (QED) is 0.505. The van der Waals surface area contributed by atoms with Crippen LogP contribution in [0.3, 0.4) is 0 Å². The van der Waals surface area contributed by atoms with Gasteiger partial charge in [0.05, 0.1) is 0 Å². The van der Waals surface area contributed by atoms with Crippen LogP contribution in [-0.2, 0) is 0 Å². The molecule has 0 aromatic rings. The molecule has 0 N–H and O–H groups in total. The zero-order chi connectivity index (χ0) is 17.1. The summed E-state index contributed by atoms with van der Waals surface area (Å²) in [5.74, 6) is 12.8. The van der Waals surface area contributed by atoms with Crippen molar-refractivity contribution in [2.45, 2.75) is 39.3 Å². The molecule has 0 aromatic heterocycles. The smallest absolute Gasteiger partial charge is 0.127 e. The summed E-state index contributed by atoms with van der Waals surface area (Å²) in [5.41, 5.74) is 8.18. The Morgan fingerprint density at radius 2 is 0.875 bits per heavy atom. The van der Waals surface area contributed by atoms with E-state index in [0.717, 1.165) is 35.5 Å². The van der Waals surface area contributed by atoms with Gasteiger partial charge in [-0.25, -0.2) is 0 Å². The maximum atomic E-state index is 3.47. The van der Waals surface area contributed by atoms with Crippen molar-refractivity contribution in [3.05, 3.63) is 24.3 Å². The van der Waals surface area contributed by atoms with E-state index in [1.807, 2.05) is 0 Å². The summed E-state index contributed by atoms with van der Waals surface area (Å²) in [4.78, 5) is 0. The Balaban J connectivity index is 1.27. The number of hydrogen-bond donors (Lipinski definition) is 0. The van der Waals surface area contributed by atoms with Gasteiger partial charge in [-0.1, -0.05) is 63.3 Å². The second-order valence-corrected chi connectivity index (χ2v) is 20.4. The molecule has 0 nitrogen and oxygen atoms in total. The second-order valence-electron chi connectivity index (χ2n) is 10.9. The zero-order valence-electron chi connectivity index (χ0n) is 15.8. The molecule has 0 unspecified atom stereocenters. The van der Waals surface area contributed by atoms with Gasteiger partial charge in [-0.3, -0.25) is 0 Å². The summed E-state index contributed by atoms with van der Waals surface area (Å²) in [5, 5.41) is 0. The molecule has 0 amide bonds. The third kappa shape index (κ3) is 1.42. The molecular weight excluding hydrogens is 320 g/mol. The summed E-state index contributed by atoms with van der Waals surface area (Å²) < 4.78 is 0. The normalized spacial score (nSPS) is 51.1. The van der Waals surface area contributed by atoms with Crippen LogP contribution in [0.4, 0.5) is 0 Å². The van der Waals surface area contributed by atoms with Crippen LogP contribution in [0, 0.1) is 69.3 Å². The van der Waals surface area contributed by atoms with Crippen molar-refractivity contribution in [3.8, 4) is 22.9 Å². The molecule has 6 saturated carbocycles. The molecule has 6 aliphatic rings. The molecule has 0 saturated heterocycles. The highest BCUT2D eigenvalue weighted by Gasteiger charge is 3.08. The lowest BCUT2D eigenvalue weighted by molar-refractivity contribution is -0.630. The van der Waals surface area contributed by atoms with E-state index in [1.54, 1.807) is 0 Å². The summed E-state index contributed by atoms with van der Waals surface area (Å²) in [6.07, 6.45) is 9.48. The van der Waals surface area contributed by atoms with E-state index in [0.29, 0.717) is 10.8 Å². The van der Waals surface area contributed by atoms with Gasteiger partial charge in [0.15, 0.2) is 0 Å². The van der Waals surface area contributed by atoms with Crippen LogP contribution < -0.4 is 0 Å². The summed E-state index contributed by atoms with van der Waals surface area (Å²) in [6, 6.07) is 0. The zero-order valence-corrected chi connectivity index (χ0v) is 17.8. The van der Waals surface area contributed by atoms with Gasteiger partial charge in [-0.05, 0) is 58.5 Å². The Kier molecular flexibility index (Phi) is 2.58. The maximum absolute atomic E-state index is 3.47. The van der Waals surface area contributed by atoms with E-state index in [9.17, 15) is 0 Å². The largest absolute Gasteiger partial charge is 0.129 e. The molecule has 0 spiro atoms. The highest BCUT2D eigenvalue weighted by atomic mass is 28.3. The van der Waals surface area contributed by atoms with Gasteiger partial charge in [0.1, 0.15) is 16.1 Å². The topological polar surface area (TPSA) is 0 Å². The molecule has 24 heavy (non-hydrogen) atoms. The van der Waals surface area contributed by atoms with Crippen molar-refractivity contribution in [3.63, 3.8) is 0 Å². The minimum absolute atomic E-state index is 0.619. The molecule has 0 radical (unpaired) electrons. The predicted octanol–water partition coefficient (Wildman–Crippen LogP) is 4.60. The van der Waals surface area contributed by atoms with Gasteiger partial charge < -0.3 is 0 Å². The van der Waals surface area contributed by atoms with Gasteiger partial charge >= 0.3 is 0 Å². The number of rotatable bonds is 2. The van der Waals surface area contributed by atoms with Gasteiger partial charge in [0.2, 0.25) is 0 Å². The van der Waals surface area contributed by atoms with Crippen LogP contribution in [0.15, 0.2) is 24.3 Å². The van der Waals surface area contributed by atoms with Gasteiger partial charge in [-0.2, -0.15) is 0 Å². The Morgan fingerprint density at radius 3 is 1.12 bits per heavy atom. The van der Waals surface area contributed by atoms with E-state index in [2.05, 4.69) is 86.5 Å². The van der Waals surface area contributed by atoms with Gasteiger partial charge in [0, 0.05) is 0 Å². The number of hydrogen-bond acceptors (Lipinski definition) is 0. The maximum Gasteiger partial charge on any atom is 0.129 e. The van der Waals surface area contributed by atoms with Crippen molar-refractivity contribution < 1.29 is 0 Å². The Hall–Kier alpha value is -0.966. The molecule has 0 aromatic carbocycles. The molecule has 6 fully saturated rings. The van der Waals surface area contributed by atoms with Crippen LogP contribution in [0.2, 0.25) is 39.3 Å². The summed E-state index contributed by atoms with van der Waals surface area (Å²) in [6.45, 7) is 13.9. The monoisotopic (exact) mass is 348 g/mol. The highest BCUT2D eigenvalue weighted by molar-refractivity contribution is 6.84. The van der Waals surface area contributed by atoms with Gasteiger partial charge in [-0.15, -0.1) is 11.1 Å². The van der Waals surface area contributed by atoms with Crippen molar-refractivity contribution in [1.82, 2.24) is 0 Å². The van der Waals surface area contributed by atoms with Crippen LogP contribution in [0.1, 0.15) is 0 Å². The minimum Gasteiger partial charge on any atom is -0.127 e. The van der Waals surface area contributed by atoms with Crippen LogP contribution in [0.5, 0.6) is 0 Å². The third-order valence-corrected chi connectivity index (χ3v) is 9.38. The molecule has 0 atom stereocenters. The van der Waals surface area contributed by atoms with Crippen molar-refractivity contribution >= 4 is 16.1 Å². The fourth-order valence-corrected chi connectivity index (χ4v) is 8.28. The average Bonchev–Trinajstić information content (AvgIpc) is 2.47. The lowest BCUT2D eigenvalue weighted by Crippen LogP contribution is -3.08. The SMILES string of the molecule is C[Si](C)(C)C#C/C=C\C12C3C4C1C1C2C3C41/C=C\C#C[Si](C)(C)C. The first-order valence-electron chi connectivity index (χ1n) is 9.55. The molecule has 6 aliphatic carbocycles. The molecule has 0 aliphatic heterocycles. The fraction of sp³-hybridized carbons (Fsp3) is 0.636. The molecule has 124 valence electrons. The van der Waals surface area contributed by atoms with Crippen LogP contribution >= 0.6 is 0 Å². The summed E-state index contributed by atoms with van der Waals surface area (Å²) >= 11 is 0. The highest BCUT2D eigenvalue weighted by Crippen LogP contribution is 3.10. The first kappa shape index (κ1) is 15.3. The van der Waals surface area contributed by atoms with Crippen LogP contribution in [0.25, 0.3) is 0 Å². The van der Waals surface area contributed by atoms with Crippen molar-refractivity contribution in [2.24, 2.45) is 46.3 Å². The average molecular weight is 349 g/mol. The Labute approximate surface area is 149 Å². The Bertz CT molecular complexity index is 683. The lowest BCUT2D eigenvalue weighted by atomic mass is 8.92. The van der Waals surface area contributed by atoms with Crippen molar-refractivity contribution in [1.29, 1.82) is 0 Å². The molecular formula is C22H28Si2.